The summed E-state index contributed by atoms with van der Waals surface area (Å²) in [5, 5.41) is 3.46. The first-order valence-corrected chi connectivity index (χ1v) is 12.1. The van der Waals surface area contributed by atoms with Gasteiger partial charge >= 0.3 is 0 Å². The third-order valence-electron chi connectivity index (χ3n) is 6.69. The van der Waals surface area contributed by atoms with Crippen molar-refractivity contribution in [2.75, 3.05) is 18.4 Å². The third-order valence-corrected chi connectivity index (χ3v) is 7.86. The van der Waals surface area contributed by atoms with Gasteiger partial charge in [0.2, 0.25) is 0 Å². The highest BCUT2D eigenvalue weighted by Gasteiger charge is 2.35. The van der Waals surface area contributed by atoms with Crippen LogP contribution < -0.4 is 5.32 Å². The van der Waals surface area contributed by atoms with Crippen molar-refractivity contribution >= 4 is 28.2 Å². The molecule has 4 rings (SSSR count). The minimum atomic E-state index is -0.557. The van der Waals surface area contributed by atoms with Gasteiger partial charge < -0.3 is 10.2 Å². The van der Waals surface area contributed by atoms with Crippen molar-refractivity contribution in [3.63, 3.8) is 0 Å². The summed E-state index contributed by atoms with van der Waals surface area (Å²) >= 11 is 1.50. The van der Waals surface area contributed by atoms with Gasteiger partial charge in [-0.15, -0.1) is 11.3 Å². The lowest BCUT2D eigenvalue weighted by atomic mass is 9.72. The zero-order valence-electron chi connectivity index (χ0n) is 18.6. The van der Waals surface area contributed by atoms with Gasteiger partial charge in [0.05, 0.1) is 11.1 Å². The molecule has 2 aromatic rings. The molecule has 6 heteroatoms. The predicted molar refractivity (Wildman–Crippen MR) is 123 cm³/mol. The Hall–Kier alpha value is -2.21. The first-order valence-electron chi connectivity index (χ1n) is 11.3. The summed E-state index contributed by atoms with van der Waals surface area (Å²) in [5.74, 6) is -0.517. The summed E-state index contributed by atoms with van der Waals surface area (Å²) in [7, 11) is 0. The van der Waals surface area contributed by atoms with Crippen molar-refractivity contribution < 1.29 is 14.0 Å². The second kappa shape index (κ2) is 8.73. The van der Waals surface area contributed by atoms with Gasteiger partial charge in [-0.05, 0) is 67.6 Å². The molecule has 0 saturated carbocycles. The molecule has 0 bridgehead atoms. The fourth-order valence-electron chi connectivity index (χ4n) is 4.71. The Kier molecular flexibility index (Phi) is 6.20. The topological polar surface area (TPSA) is 49.4 Å². The van der Waals surface area contributed by atoms with Crippen molar-refractivity contribution in [3.8, 4) is 0 Å². The number of anilines is 1. The molecule has 2 aliphatic rings. The van der Waals surface area contributed by atoms with Crippen LogP contribution in [0, 0.1) is 17.2 Å². The van der Waals surface area contributed by atoms with E-state index in [9.17, 15) is 14.0 Å². The molecule has 0 unspecified atom stereocenters. The van der Waals surface area contributed by atoms with Crippen LogP contribution in [0.5, 0.6) is 0 Å². The smallest absolute Gasteiger partial charge is 0.259 e. The minimum Gasteiger partial charge on any atom is -0.339 e. The number of halogens is 1. The molecule has 1 N–H and O–H groups in total. The van der Waals surface area contributed by atoms with E-state index in [0.29, 0.717) is 16.5 Å². The highest BCUT2D eigenvalue weighted by molar-refractivity contribution is 7.17. The molecule has 0 radical (unpaired) electrons. The maximum absolute atomic E-state index is 14.2. The van der Waals surface area contributed by atoms with E-state index in [1.807, 2.05) is 4.90 Å². The Labute approximate surface area is 187 Å². The van der Waals surface area contributed by atoms with E-state index in [2.05, 4.69) is 26.1 Å². The lowest BCUT2D eigenvalue weighted by Gasteiger charge is -2.34. The lowest BCUT2D eigenvalue weighted by molar-refractivity contribution is 0.0724. The molecule has 1 aromatic heterocycles. The Morgan fingerprint density at radius 1 is 1.13 bits per heavy atom. The standard InChI is InChI=1S/C25H31FN2O2S/c1-25(2,3)16-11-12-18-20(15-16)31-23(21(18)24(30)28-13-7-4-8-14-28)27-22(29)17-9-5-6-10-19(17)26/h5-6,9-10,16H,4,7-8,11-15H2,1-3H3,(H,27,29)/t16-/m0/s1. The van der Waals surface area contributed by atoms with Gasteiger partial charge in [0.15, 0.2) is 0 Å². The minimum absolute atomic E-state index is 0.00203. The monoisotopic (exact) mass is 442 g/mol. The highest BCUT2D eigenvalue weighted by Crippen LogP contribution is 2.45. The van der Waals surface area contributed by atoms with Crippen LogP contribution in [0.1, 0.15) is 77.6 Å². The number of likely N-dealkylation sites (tertiary alicyclic amines) is 1. The summed E-state index contributed by atoms with van der Waals surface area (Å²) in [6.45, 7) is 8.30. The van der Waals surface area contributed by atoms with Crippen LogP contribution in [-0.4, -0.2) is 29.8 Å². The van der Waals surface area contributed by atoms with E-state index in [4.69, 9.17) is 0 Å². The van der Waals surface area contributed by atoms with Crippen LogP contribution in [0.3, 0.4) is 0 Å². The number of hydrogen-bond acceptors (Lipinski definition) is 3. The number of nitrogens with one attached hydrogen (secondary N) is 1. The number of rotatable bonds is 3. The third kappa shape index (κ3) is 4.54. The predicted octanol–water partition coefficient (Wildman–Crippen LogP) is 5.92. The fraction of sp³-hybridized carbons (Fsp3) is 0.520. The van der Waals surface area contributed by atoms with Gasteiger partial charge in [-0.3, -0.25) is 9.59 Å². The molecule has 1 aromatic carbocycles. The van der Waals surface area contributed by atoms with E-state index >= 15 is 0 Å². The molecule has 1 aliphatic heterocycles. The first kappa shape index (κ1) is 22.0. The molecular weight excluding hydrogens is 411 g/mol. The molecular formula is C25H31FN2O2S. The van der Waals surface area contributed by atoms with Gasteiger partial charge in [0.25, 0.3) is 11.8 Å². The average molecular weight is 443 g/mol. The molecule has 1 fully saturated rings. The van der Waals surface area contributed by atoms with Crippen molar-refractivity contribution in [1.29, 1.82) is 0 Å². The van der Waals surface area contributed by atoms with E-state index in [-0.39, 0.29) is 16.9 Å². The number of nitrogens with zero attached hydrogens (tertiary/aromatic N) is 1. The summed E-state index contributed by atoms with van der Waals surface area (Å²) in [6, 6.07) is 5.96. The molecule has 1 saturated heterocycles. The first-order chi connectivity index (χ1) is 14.8. The van der Waals surface area contributed by atoms with Gasteiger partial charge in [0.1, 0.15) is 10.8 Å². The van der Waals surface area contributed by atoms with Crippen molar-refractivity contribution in [1.82, 2.24) is 4.90 Å². The van der Waals surface area contributed by atoms with Crippen molar-refractivity contribution in [2.24, 2.45) is 11.3 Å². The van der Waals surface area contributed by atoms with Gasteiger partial charge in [-0.25, -0.2) is 4.39 Å². The van der Waals surface area contributed by atoms with Crippen LogP contribution in [-0.2, 0) is 12.8 Å². The maximum atomic E-state index is 14.2. The molecule has 0 spiro atoms. The summed E-state index contributed by atoms with van der Waals surface area (Å²) in [4.78, 5) is 29.5. The average Bonchev–Trinajstić information content (AvgIpc) is 3.10. The van der Waals surface area contributed by atoms with Crippen molar-refractivity contribution in [2.45, 2.75) is 59.3 Å². The summed E-state index contributed by atoms with van der Waals surface area (Å²) in [5.41, 5.74) is 1.91. The Balaban J connectivity index is 1.69. The van der Waals surface area contributed by atoms with Crippen LogP contribution in [0.15, 0.2) is 24.3 Å². The van der Waals surface area contributed by atoms with E-state index < -0.39 is 11.7 Å². The number of hydrogen-bond donors (Lipinski definition) is 1. The number of benzene rings is 1. The van der Waals surface area contributed by atoms with Gasteiger partial charge in [0, 0.05) is 18.0 Å². The molecule has 31 heavy (non-hydrogen) atoms. The summed E-state index contributed by atoms with van der Waals surface area (Å²) < 4.78 is 14.2. The second-order valence-electron chi connectivity index (χ2n) is 9.80. The maximum Gasteiger partial charge on any atom is 0.259 e. The highest BCUT2D eigenvalue weighted by atomic mass is 32.1. The number of amides is 2. The molecule has 4 nitrogen and oxygen atoms in total. The number of piperidine rings is 1. The number of carbonyl (C=O) groups excluding carboxylic acids is 2. The molecule has 166 valence electrons. The van der Waals surface area contributed by atoms with E-state index in [0.717, 1.165) is 57.2 Å². The zero-order chi connectivity index (χ0) is 22.2. The molecule has 1 aliphatic carbocycles. The SMILES string of the molecule is CC(C)(C)[C@H]1CCc2c(sc(NC(=O)c3ccccc3F)c2C(=O)N2CCCCC2)C1. The zero-order valence-corrected chi connectivity index (χ0v) is 19.4. The van der Waals surface area contributed by atoms with Gasteiger partial charge in [-0.1, -0.05) is 32.9 Å². The largest absolute Gasteiger partial charge is 0.339 e. The fourth-order valence-corrected chi connectivity index (χ4v) is 6.02. The summed E-state index contributed by atoms with van der Waals surface area (Å²) in [6.07, 6.45) is 5.98. The normalized spacial score (nSPS) is 19.1. The molecule has 1 atom stereocenters. The molecule has 2 heterocycles. The van der Waals surface area contributed by atoms with Gasteiger partial charge in [-0.2, -0.15) is 0 Å². The number of carbonyl (C=O) groups is 2. The Morgan fingerprint density at radius 2 is 1.84 bits per heavy atom. The van der Waals surface area contributed by atoms with Crippen LogP contribution in [0.2, 0.25) is 0 Å². The second-order valence-corrected chi connectivity index (χ2v) is 10.9. The Bertz CT molecular complexity index is 986. The van der Waals surface area contributed by atoms with Crippen molar-refractivity contribution in [3.05, 3.63) is 51.7 Å². The number of fused-ring (bicyclic) bond motifs is 1. The van der Waals surface area contributed by atoms with Crippen LogP contribution >= 0.6 is 11.3 Å². The van der Waals surface area contributed by atoms with E-state index in [1.165, 1.54) is 28.3 Å². The van der Waals surface area contributed by atoms with Crippen LogP contribution in [0.4, 0.5) is 9.39 Å². The quantitative estimate of drug-likeness (QED) is 0.642. The molecule has 2 amide bonds. The van der Waals surface area contributed by atoms with E-state index in [1.54, 1.807) is 12.1 Å². The Morgan fingerprint density at radius 3 is 2.52 bits per heavy atom. The number of thiophene rings is 1. The lowest BCUT2D eigenvalue weighted by Crippen LogP contribution is -2.36. The van der Waals surface area contributed by atoms with Crippen LogP contribution in [0.25, 0.3) is 0 Å².